The molecule has 1 aromatic carbocycles. The predicted molar refractivity (Wildman–Crippen MR) is 87.2 cm³/mol. The van der Waals surface area contributed by atoms with Crippen LogP contribution in [0.15, 0.2) is 36.4 Å². The van der Waals surface area contributed by atoms with E-state index in [2.05, 4.69) is 4.98 Å². The monoisotopic (exact) mass is 330 g/mol. The van der Waals surface area contributed by atoms with Crippen LogP contribution in [-0.2, 0) is 4.74 Å². The van der Waals surface area contributed by atoms with Crippen LogP contribution in [-0.4, -0.2) is 35.9 Å². The normalized spacial score (nSPS) is 11.7. The summed E-state index contributed by atoms with van der Waals surface area (Å²) in [5.74, 6) is -1.20. The number of aryl methyl sites for hydroxylation is 1. The highest BCUT2D eigenvalue weighted by molar-refractivity contribution is 5.94. The van der Waals surface area contributed by atoms with Gasteiger partial charge in [0.15, 0.2) is 0 Å². The van der Waals surface area contributed by atoms with E-state index in [4.69, 9.17) is 4.74 Å². The third-order valence-corrected chi connectivity index (χ3v) is 3.53. The number of amides is 1. The third-order valence-electron chi connectivity index (χ3n) is 3.53. The van der Waals surface area contributed by atoms with Crippen molar-refractivity contribution in [2.45, 2.75) is 20.0 Å². The molecule has 0 N–H and O–H groups in total. The van der Waals surface area contributed by atoms with E-state index in [-0.39, 0.29) is 23.0 Å². The van der Waals surface area contributed by atoms with Crippen molar-refractivity contribution in [3.8, 4) is 0 Å². The first-order chi connectivity index (χ1) is 11.3. The Morgan fingerprint density at radius 1 is 1.21 bits per heavy atom. The van der Waals surface area contributed by atoms with Gasteiger partial charge in [-0.25, -0.2) is 14.2 Å². The Hall–Kier alpha value is -2.76. The second kappa shape index (κ2) is 7.21. The van der Waals surface area contributed by atoms with Crippen LogP contribution < -0.4 is 0 Å². The van der Waals surface area contributed by atoms with Crippen molar-refractivity contribution < 1.29 is 18.7 Å². The smallest absolute Gasteiger partial charge is 0.340 e. The number of nitrogens with zero attached hydrogens (tertiary/aromatic N) is 2. The molecule has 2 rings (SSSR count). The fourth-order valence-corrected chi connectivity index (χ4v) is 2.18. The third kappa shape index (κ3) is 3.95. The van der Waals surface area contributed by atoms with Crippen molar-refractivity contribution in [3.05, 3.63) is 64.7 Å². The zero-order valence-corrected chi connectivity index (χ0v) is 14.0. The quantitative estimate of drug-likeness (QED) is 0.808. The Labute approximate surface area is 140 Å². The number of carbonyl (C=O) groups excluding carboxylic acids is 2. The van der Waals surface area contributed by atoms with Crippen molar-refractivity contribution in [1.82, 2.24) is 9.88 Å². The lowest BCUT2D eigenvalue weighted by Gasteiger charge is -2.15. The summed E-state index contributed by atoms with van der Waals surface area (Å²) in [6, 6.07) is 8.89. The zero-order valence-electron chi connectivity index (χ0n) is 14.0. The Morgan fingerprint density at radius 3 is 2.50 bits per heavy atom. The number of rotatable bonds is 4. The van der Waals surface area contributed by atoms with Crippen molar-refractivity contribution in [3.63, 3.8) is 0 Å². The molecule has 2 aromatic rings. The Kier molecular flexibility index (Phi) is 5.28. The van der Waals surface area contributed by atoms with Gasteiger partial charge in [-0.1, -0.05) is 12.1 Å². The standard InChI is InChI=1S/C18H19FN2O3/c1-11-15(8-9-16(20-11)17(22)21(3)4)18(23)24-12(2)13-6-5-7-14(19)10-13/h5-10,12H,1-4H3. The van der Waals surface area contributed by atoms with Gasteiger partial charge in [0.25, 0.3) is 5.91 Å². The van der Waals surface area contributed by atoms with E-state index < -0.39 is 12.1 Å². The summed E-state index contributed by atoms with van der Waals surface area (Å²) in [5.41, 5.74) is 1.49. The first kappa shape index (κ1) is 17.6. The van der Waals surface area contributed by atoms with Crippen LogP contribution in [0.4, 0.5) is 4.39 Å². The molecule has 1 unspecified atom stereocenters. The lowest BCUT2D eigenvalue weighted by molar-refractivity contribution is 0.0335. The summed E-state index contributed by atoms with van der Waals surface area (Å²) >= 11 is 0. The highest BCUT2D eigenvalue weighted by Crippen LogP contribution is 2.20. The average molecular weight is 330 g/mol. The lowest BCUT2D eigenvalue weighted by atomic mass is 10.1. The van der Waals surface area contributed by atoms with Gasteiger partial charge in [-0.2, -0.15) is 0 Å². The molecule has 0 fully saturated rings. The summed E-state index contributed by atoms with van der Waals surface area (Å²) in [6.45, 7) is 3.30. The van der Waals surface area contributed by atoms with Gasteiger partial charge in [0.05, 0.1) is 11.3 Å². The van der Waals surface area contributed by atoms with E-state index in [1.54, 1.807) is 40.1 Å². The molecule has 5 nitrogen and oxygen atoms in total. The molecule has 0 aliphatic carbocycles. The minimum Gasteiger partial charge on any atom is -0.454 e. The summed E-state index contributed by atoms with van der Waals surface area (Å²) in [6.07, 6.45) is -0.601. The zero-order chi connectivity index (χ0) is 17.9. The molecule has 0 spiro atoms. The summed E-state index contributed by atoms with van der Waals surface area (Å²) in [5, 5.41) is 0. The maximum Gasteiger partial charge on any atom is 0.340 e. The fourth-order valence-electron chi connectivity index (χ4n) is 2.18. The van der Waals surface area contributed by atoms with Crippen LogP contribution in [0.5, 0.6) is 0 Å². The highest BCUT2D eigenvalue weighted by atomic mass is 19.1. The van der Waals surface area contributed by atoms with Gasteiger partial charge < -0.3 is 9.64 Å². The minimum absolute atomic E-state index is 0.244. The number of benzene rings is 1. The molecular weight excluding hydrogens is 311 g/mol. The van der Waals surface area contributed by atoms with E-state index in [1.807, 2.05) is 0 Å². The first-order valence-electron chi connectivity index (χ1n) is 7.45. The van der Waals surface area contributed by atoms with Crippen LogP contribution in [0.3, 0.4) is 0 Å². The number of halogens is 1. The van der Waals surface area contributed by atoms with Gasteiger partial charge in [0.1, 0.15) is 17.6 Å². The van der Waals surface area contributed by atoms with Crippen LogP contribution in [0.1, 0.15) is 45.1 Å². The molecule has 24 heavy (non-hydrogen) atoms. The molecule has 6 heteroatoms. The first-order valence-corrected chi connectivity index (χ1v) is 7.45. The molecule has 0 radical (unpaired) electrons. The maximum absolute atomic E-state index is 13.3. The van der Waals surface area contributed by atoms with Gasteiger partial charge in [-0.3, -0.25) is 4.79 Å². The number of esters is 1. The van der Waals surface area contributed by atoms with E-state index in [9.17, 15) is 14.0 Å². The second-order valence-electron chi connectivity index (χ2n) is 5.63. The van der Waals surface area contributed by atoms with E-state index in [1.165, 1.54) is 29.2 Å². The van der Waals surface area contributed by atoms with Crippen molar-refractivity contribution in [1.29, 1.82) is 0 Å². The summed E-state index contributed by atoms with van der Waals surface area (Å²) < 4.78 is 18.6. The molecule has 1 aromatic heterocycles. The lowest BCUT2D eigenvalue weighted by Crippen LogP contribution is -2.23. The van der Waals surface area contributed by atoms with E-state index in [0.29, 0.717) is 11.3 Å². The predicted octanol–water partition coefficient (Wildman–Crippen LogP) is 3.15. The highest BCUT2D eigenvalue weighted by Gasteiger charge is 2.19. The average Bonchev–Trinajstić information content (AvgIpc) is 2.53. The molecule has 0 aliphatic heterocycles. The molecule has 1 heterocycles. The van der Waals surface area contributed by atoms with Gasteiger partial charge in [0.2, 0.25) is 0 Å². The Morgan fingerprint density at radius 2 is 1.92 bits per heavy atom. The van der Waals surface area contributed by atoms with E-state index in [0.717, 1.165) is 0 Å². The maximum atomic E-state index is 13.3. The molecule has 0 saturated heterocycles. The van der Waals surface area contributed by atoms with Crippen molar-refractivity contribution >= 4 is 11.9 Å². The van der Waals surface area contributed by atoms with E-state index >= 15 is 0 Å². The van der Waals surface area contributed by atoms with Crippen LogP contribution >= 0.6 is 0 Å². The molecule has 0 bridgehead atoms. The van der Waals surface area contributed by atoms with Gasteiger partial charge in [0, 0.05) is 14.1 Å². The van der Waals surface area contributed by atoms with Crippen LogP contribution in [0, 0.1) is 12.7 Å². The summed E-state index contributed by atoms with van der Waals surface area (Å²) in [4.78, 5) is 29.7. The number of pyridine rings is 1. The van der Waals surface area contributed by atoms with Gasteiger partial charge in [-0.05, 0) is 43.7 Å². The van der Waals surface area contributed by atoms with Crippen LogP contribution in [0.25, 0.3) is 0 Å². The topological polar surface area (TPSA) is 59.5 Å². The minimum atomic E-state index is -0.601. The second-order valence-corrected chi connectivity index (χ2v) is 5.63. The Bertz CT molecular complexity index is 775. The van der Waals surface area contributed by atoms with Gasteiger partial charge in [-0.15, -0.1) is 0 Å². The SMILES string of the molecule is Cc1nc(C(=O)N(C)C)ccc1C(=O)OC(C)c1cccc(F)c1. The number of hydrogen-bond donors (Lipinski definition) is 0. The number of ether oxygens (including phenoxy) is 1. The molecule has 1 amide bonds. The molecular formula is C18H19FN2O3. The molecule has 126 valence electrons. The molecule has 0 saturated carbocycles. The van der Waals surface area contributed by atoms with Crippen molar-refractivity contribution in [2.24, 2.45) is 0 Å². The number of hydrogen-bond acceptors (Lipinski definition) is 4. The van der Waals surface area contributed by atoms with Gasteiger partial charge >= 0.3 is 5.97 Å². The largest absolute Gasteiger partial charge is 0.454 e. The number of carbonyl (C=O) groups is 2. The Balaban J connectivity index is 2.16. The van der Waals surface area contributed by atoms with Crippen molar-refractivity contribution in [2.75, 3.05) is 14.1 Å². The summed E-state index contributed by atoms with van der Waals surface area (Å²) in [7, 11) is 3.25. The molecule has 1 atom stereocenters. The fraction of sp³-hybridized carbons (Fsp3) is 0.278. The molecule has 0 aliphatic rings. The number of aromatic nitrogens is 1. The van der Waals surface area contributed by atoms with Crippen LogP contribution in [0.2, 0.25) is 0 Å².